The lowest BCUT2D eigenvalue weighted by Crippen LogP contribution is -2.26. The first-order chi connectivity index (χ1) is 8.72. The maximum absolute atomic E-state index is 11.8. The third-order valence-electron chi connectivity index (χ3n) is 3.07. The first-order valence-corrected chi connectivity index (χ1v) is 6.27. The molecule has 0 aliphatic heterocycles. The number of rotatable bonds is 5. The smallest absolute Gasteiger partial charge is 0.328 e. The molecular formula is C14H19N3O. The summed E-state index contributed by atoms with van der Waals surface area (Å²) >= 11 is 0. The van der Waals surface area contributed by atoms with Gasteiger partial charge in [0, 0.05) is 37.7 Å². The number of nitrogens with one attached hydrogen (secondary N) is 1. The van der Waals surface area contributed by atoms with Crippen molar-refractivity contribution in [1.29, 1.82) is 0 Å². The Morgan fingerprint density at radius 2 is 1.89 bits per heavy atom. The van der Waals surface area contributed by atoms with Gasteiger partial charge in [-0.25, -0.2) is 4.79 Å². The van der Waals surface area contributed by atoms with Crippen molar-refractivity contribution in [3.8, 4) is 0 Å². The molecule has 96 valence electrons. The molecule has 4 heteroatoms. The van der Waals surface area contributed by atoms with E-state index in [9.17, 15) is 4.79 Å². The highest BCUT2D eigenvalue weighted by atomic mass is 16.1. The molecule has 0 atom stereocenters. The van der Waals surface area contributed by atoms with Crippen molar-refractivity contribution < 1.29 is 0 Å². The number of imidazole rings is 1. The Labute approximate surface area is 107 Å². The quantitative estimate of drug-likeness (QED) is 0.876. The predicted molar refractivity (Wildman–Crippen MR) is 74.0 cm³/mol. The van der Waals surface area contributed by atoms with E-state index in [-0.39, 0.29) is 5.69 Å². The van der Waals surface area contributed by atoms with Crippen LogP contribution in [0.25, 0.3) is 0 Å². The van der Waals surface area contributed by atoms with Gasteiger partial charge in [0.05, 0.1) is 0 Å². The summed E-state index contributed by atoms with van der Waals surface area (Å²) in [6, 6.07) is 8.15. The van der Waals surface area contributed by atoms with Crippen molar-refractivity contribution in [2.24, 2.45) is 0 Å². The van der Waals surface area contributed by atoms with Crippen molar-refractivity contribution in [1.82, 2.24) is 9.13 Å². The van der Waals surface area contributed by atoms with E-state index < -0.39 is 0 Å². The van der Waals surface area contributed by atoms with Crippen LogP contribution in [-0.4, -0.2) is 15.7 Å². The third-order valence-corrected chi connectivity index (χ3v) is 3.07. The average Bonchev–Trinajstić information content (AvgIpc) is 2.73. The lowest BCUT2D eigenvalue weighted by atomic mass is 10.2. The number of nitrogens with zero attached hydrogens (tertiary/aromatic N) is 2. The van der Waals surface area contributed by atoms with E-state index in [0.29, 0.717) is 6.54 Å². The highest BCUT2D eigenvalue weighted by Crippen LogP contribution is 2.12. The Morgan fingerprint density at radius 3 is 2.56 bits per heavy atom. The van der Waals surface area contributed by atoms with Crippen LogP contribution in [0.2, 0.25) is 0 Å². The van der Waals surface area contributed by atoms with Crippen molar-refractivity contribution >= 4 is 5.69 Å². The maximum atomic E-state index is 11.8. The number of hydrogen-bond donors (Lipinski definition) is 1. The topological polar surface area (TPSA) is 39.0 Å². The van der Waals surface area contributed by atoms with Crippen LogP contribution in [0.4, 0.5) is 5.69 Å². The summed E-state index contributed by atoms with van der Waals surface area (Å²) in [7, 11) is 0. The summed E-state index contributed by atoms with van der Waals surface area (Å²) in [5, 5.41) is 3.35. The molecule has 1 aromatic carbocycles. The van der Waals surface area contributed by atoms with Gasteiger partial charge < -0.3 is 5.32 Å². The fourth-order valence-corrected chi connectivity index (χ4v) is 1.95. The zero-order valence-corrected chi connectivity index (χ0v) is 10.9. The summed E-state index contributed by atoms with van der Waals surface area (Å²) in [4.78, 5) is 11.8. The SMILES string of the molecule is CCn1ccn(CCNc2ccccc2C)c1=O. The van der Waals surface area contributed by atoms with Gasteiger partial charge in [0.25, 0.3) is 0 Å². The number of hydrogen-bond acceptors (Lipinski definition) is 2. The van der Waals surface area contributed by atoms with E-state index in [1.54, 1.807) is 9.13 Å². The van der Waals surface area contributed by atoms with Gasteiger partial charge in [0.2, 0.25) is 0 Å². The normalized spacial score (nSPS) is 10.6. The van der Waals surface area contributed by atoms with E-state index in [0.717, 1.165) is 18.8 Å². The number of anilines is 1. The van der Waals surface area contributed by atoms with Crippen LogP contribution in [0.15, 0.2) is 41.5 Å². The zero-order chi connectivity index (χ0) is 13.0. The number of para-hydroxylation sites is 1. The largest absolute Gasteiger partial charge is 0.383 e. The number of benzene rings is 1. The average molecular weight is 245 g/mol. The molecule has 2 rings (SSSR count). The Morgan fingerprint density at radius 1 is 1.17 bits per heavy atom. The van der Waals surface area contributed by atoms with Crippen molar-refractivity contribution in [2.75, 3.05) is 11.9 Å². The Balaban J connectivity index is 1.95. The van der Waals surface area contributed by atoms with Crippen LogP contribution in [0.5, 0.6) is 0 Å². The molecule has 0 aliphatic rings. The molecule has 0 radical (unpaired) electrons. The molecule has 4 nitrogen and oxygen atoms in total. The molecule has 0 amide bonds. The van der Waals surface area contributed by atoms with Gasteiger partial charge >= 0.3 is 5.69 Å². The number of aromatic nitrogens is 2. The van der Waals surface area contributed by atoms with Crippen molar-refractivity contribution in [2.45, 2.75) is 26.9 Å². The summed E-state index contributed by atoms with van der Waals surface area (Å²) in [6.07, 6.45) is 3.67. The molecule has 0 aliphatic carbocycles. The molecule has 0 saturated carbocycles. The Hall–Kier alpha value is -1.97. The first-order valence-electron chi connectivity index (χ1n) is 6.27. The second-order valence-electron chi connectivity index (χ2n) is 4.30. The van der Waals surface area contributed by atoms with E-state index in [4.69, 9.17) is 0 Å². The molecular weight excluding hydrogens is 226 g/mol. The highest BCUT2D eigenvalue weighted by molar-refractivity contribution is 5.50. The second-order valence-corrected chi connectivity index (χ2v) is 4.30. The van der Waals surface area contributed by atoms with Crippen LogP contribution in [0, 0.1) is 6.92 Å². The summed E-state index contributed by atoms with van der Waals surface area (Å²) in [5.41, 5.74) is 2.40. The summed E-state index contributed by atoms with van der Waals surface area (Å²) < 4.78 is 3.43. The van der Waals surface area contributed by atoms with Crippen LogP contribution in [-0.2, 0) is 13.1 Å². The van der Waals surface area contributed by atoms with Crippen molar-refractivity contribution in [3.63, 3.8) is 0 Å². The van der Waals surface area contributed by atoms with Crippen LogP contribution >= 0.6 is 0 Å². The monoisotopic (exact) mass is 245 g/mol. The minimum atomic E-state index is 0.0593. The van der Waals surface area contributed by atoms with Gasteiger partial charge in [-0.05, 0) is 25.5 Å². The van der Waals surface area contributed by atoms with E-state index >= 15 is 0 Å². The van der Waals surface area contributed by atoms with Gasteiger partial charge in [-0.15, -0.1) is 0 Å². The first kappa shape index (κ1) is 12.5. The van der Waals surface area contributed by atoms with E-state index in [1.165, 1.54) is 5.56 Å². The Kier molecular flexibility index (Phi) is 3.87. The standard InChI is InChI=1S/C14H19N3O/c1-3-16-10-11-17(14(16)18)9-8-15-13-7-5-4-6-12(13)2/h4-7,10-11,15H,3,8-9H2,1-2H3. The van der Waals surface area contributed by atoms with Gasteiger partial charge in [0.1, 0.15) is 0 Å². The lowest BCUT2D eigenvalue weighted by Gasteiger charge is -2.09. The fraction of sp³-hybridized carbons (Fsp3) is 0.357. The highest BCUT2D eigenvalue weighted by Gasteiger charge is 2.01. The minimum Gasteiger partial charge on any atom is -0.383 e. The molecule has 18 heavy (non-hydrogen) atoms. The maximum Gasteiger partial charge on any atom is 0.328 e. The minimum absolute atomic E-state index is 0.0593. The Bertz CT molecular complexity index is 568. The van der Waals surface area contributed by atoms with Gasteiger partial charge in [-0.2, -0.15) is 0 Å². The summed E-state index contributed by atoms with van der Waals surface area (Å²) in [5.74, 6) is 0. The van der Waals surface area contributed by atoms with Crippen LogP contribution in [0.3, 0.4) is 0 Å². The third kappa shape index (κ3) is 2.64. The van der Waals surface area contributed by atoms with E-state index in [1.807, 2.05) is 31.5 Å². The summed E-state index contributed by atoms with van der Waals surface area (Å²) in [6.45, 7) is 6.19. The van der Waals surface area contributed by atoms with Crippen LogP contribution in [0.1, 0.15) is 12.5 Å². The molecule has 0 bridgehead atoms. The molecule has 1 aromatic heterocycles. The fourth-order valence-electron chi connectivity index (χ4n) is 1.95. The lowest BCUT2D eigenvalue weighted by molar-refractivity contribution is 0.642. The zero-order valence-electron chi connectivity index (χ0n) is 10.9. The number of aryl methyl sites for hydroxylation is 2. The van der Waals surface area contributed by atoms with Crippen molar-refractivity contribution in [3.05, 3.63) is 52.7 Å². The molecule has 1 N–H and O–H groups in total. The van der Waals surface area contributed by atoms with Gasteiger partial charge in [-0.3, -0.25) is 9.13 Å². The second kappa shape index (κ2) is 5.58. The van der Waals surface area contributed by atoms with Gasteiger partial charge in [-0.1, -0.05) is 18.2 Å². The van der Waals surface area contributed by atoms with Crippen LogP contribution < -0.4 is 11.0 Å². The molecule has 0 unspecified atom stereocenters. The molecule has 1 heterocycles. The predicted octanol–water partition coefficient (Wildman–Crippen LogP) is 2.09. The molecule has 0 spiro atoms. The van der Waals surface area contributed by atoms with E-state index in [2.05, 4.69) is 24.4 Å². The molecule has 0 fully saturated rings. The molecule has 0 saturated heterocycles. The van der Waals surface area contributed by atoms with Gasteiger partial charge in [0.15, 0.2) is 0 Å². The molecule has 2 aromatic rings.